The molecular formula is C3H13Cl3O2. The number of aliphatic hydroxyl groups is 1. The molecule has 5 heteroatoms. The van der Waals surface area contributed by atoms with E-state index in [1.54, 1.807) is 13.8 Å². The predicted molar refractivity (Wildman–Crippen MR) is 42.7 cm³/mol. The summed E-state index contributed by atoms with van der Waals surface area (Å²) in [5, 5.41) is 8.06. The van der Waals surface area contributed by atoms with E-state index in [1.165, 1.54) is 0 Å². The van der Waals surface area contributed by atoms with E-state index in [2.05, 4.69) is 0 Å². The molecule has 0 aliphatic rings. The lowest BCUT2D eigenvalue weighted by Crippen LogP contribution is -1.85. The second-order valence-electron chi connectivity index (χ2n) is 1.09. The third kappa shape index (κ3) is 365. The highest BCUT2D eigenvalue weighted by Crippen LogP contribution is 1.65. The minimum absolute atomic E-state index is 0. The molecule has 0 amide bonds. The molecule has 58 valence electrons. The summed E-state index contributed by atoms with van der Waals surface area (Å²) in [6.07, 6.45) is -0.167. The van der Waals surface area contributed by atoms with Crippen LogP contribution in [0.4, 0.5) is 0 Å². The van der Waals surface area contributed by atoms with Crippen LogP contribution in [-0.4, -0.2) is 16.7 Å². The molecular weight excluding hydrogens is 174 g/mol. The summed E-state index contributed by atoms with van der Waals surface area (Å²) >= 11 is 0. The second-order valence-corrected chi connectivity index (χ2v) is 1.09. The van der Waals surface area contributed by atoms with E-state index >= 15 is 0 Å². The maximum Gasteiger partial charge on any atom is 0.0483 e. The van der Waals surface area contributed by atoms with E-state index < -0.39 is 0 Å². The van der Waals surface area contributed by atoms with Crippen molar-refractivity contribution in [2.75, 3.05) is 0 Å². The Hall–Kier alpha value is 0.790. The summed E-state index contributed by atoms with van der Waals surface area (Å²) in [6, 6.07) is 0. The lowest BCUT2D eigenvalue weighted by Gasteiger charge is -1.80. The Kier molecular flexibility index (Phi) is 116. The van der Waals surface area contributed by atoms with Crippen LogP contribution in [0.15, 0.2) is 0 Å². The molecule has 0 heterocycles. The average Bonchev–Trinajstić information content (AvgIpc) is 0.811. The van der Waals surface area contributed by atoms with E-state index in [9.17, 15) is 0 Å². The van der Waals surface area contributed by atoms with Crippen LogP contribution in [0.3, 0.4) is 0 Å². The van der Waals surface area contributed by atoms with Crippen LogP contribution in [0.1, 0.15) is 13.8 Å². The number of halogens is 3. The molecule has 0 rings (SSSR count). The lowest BCUT2D eigenvalue weighted by atomic mass is 10.5. The van der Waals surface area contributed by atoms with Crippen LogP contribution in [-0.2, 0) is 0 Å². The van der Waals surface area contributed by atoms with Gasteiger partial charge in [-0.2, -0.15) is 0 Å². The second kappa shape index (κ2) is 25.0. The fourth-order valence-corrected chi connectivity index (χ4v) is 0. The maximum atomic E-state index is 8.06. The molecule has 0 unspecified atom stereocenters. The standard InChI is InChI=1S/C3H8O.3ClH.H2O/c1-3(2)4;;;;/h3-4H,1-2H3;3*1H;1H2. The SMILES string of the molecule is CC(C)O.Cl.Cl.Cl.O. The van der Waals surface area contributed by atoms with Gasteiger partial charge in [-0.3, -0.25) is 0 Å². The highest BCUT2D eigenvalue weighted by Gasteiger charge is 1.69. The van der Waals surface area contributed by atoms with E-state index in [1.807, 2.05) is 0 Å². The number of aliphatic hydroxyl groups excluding tert-OH is 1. The summed E-state index contributed by atoms with van der Waals surface area (Å²) < 4.78 is 0. The number of hydrogen-bond acceptors (Lipinski definition) is 1. The summed E-state index contributed by atoms with van der Waals surface area (Å²) in [5.74, 6) is 0. The van der Waals surface area contributed by atoms with Crippen molar-refractivity contribution < 1.29 is 10.6 Å². The van der Waals surface area contributed by atoms with E-state index in [0.29, 0.717) is 0 Å². The minimum atomic E-state index is -0.167. The Morgan fingerprint density at radius 2 is 1.00 bits per heavy atom. The minimum Gasteiger partial charge on any atom is -0.412 e. The molecule has 0 aromatic carbocycles. The summed E-state index contributed by atoms with van der Waals surface area (Å²) in [5.41, 5.74) is 0. The smallest absolute Gasteiger partial charge is 0.0483 e. The Bertz CT molecular complexity index is 17.2. The van der Waals surface area contributed by atoms with Crippen molar-refractivity contribution in [2.24, 2.45) is 0 Å². The van der Waals surface area contributed by atoms with Gasteiger partial charge in [-0.1, -0.05) is 0 Å². The number of hydrogen-bond donors (Lipinski definition) is 1. The third-order valence-corrected chi connectivity index (χ3v) is 0. The van der Waals surface area contributed by atoms with Gasteiger partial charge >= 0.3 is 0 Å². The van der Waals surface area contributed by atoms with Crippen molar-refractivity contribution in [3.05, 3.63) is 0 Å². The first-order valence-corrected chi connectivity index (χ1v) is 1.41. The molecule has 0 fully saturated rings. The highest BCUT2D eigenvalue weighted by atomic mass is 35.5. The first kappa shape index (κ1) is 37.1. The molecule has 0 aromatic rings. The van der Waals surface area contributed by atoms with Crippen LogP contribution in [0.2, 0.25) is 0 Å². The van der Waals surface area contributed by atoms with Gasteiger partial charge in [0, 0.05) is 6.10 Å². The van der Waals surface area contributed by atoms with Crippen molar-refractivity contribution in [3.63, 3.8) is 0 Å². The first-order valence-electron chi connectivity index (χ1n) is 1.41. The first-order chi connectivity index (χ1) is 1.73. The predicted octanol–water partition coefficient (Wildman–Crippen LogP) is 0.828. The van der Waals surface area contributed by atoms with E-state index in [0.717, 1.165) is 0 Å². The molecule has 3 N–H and O–H groups in total. The highest BCUT2D eigenvalue weighted by molar-refractivity contribution is 5.86. The van der Waals surface area contributed by atoms with Crippen LogP contribution in [0, 0.1) is 0 Å². The van der Waals surface area contributed by atoms with Gasteiger partial charge in [0.25, 0.3) is 0 Å². The van der Waals surface area contributed by atoms with Gasteiger partial charge in [0.1, 0.15) is 0 Å². The van der Waals surface area contributed by atoms with Gasteiger partial charge < -0.3 is 10.6 Å². The largest absolute Gasteiger partial charge is 0.412 e. The Morgan fingerprint density at radius 3 is 1.00 bits per heavy atom. The van der Waals surface area contributed by atoms with Crippen LogP contribution >= 0.6 is 37.2 Å². The van der Waals surface area contributed by atoms with Gasteiger partial charge in [-0.25, -0.2) is 0 Å². The number of rotatable bonds is 0. The fourth-order valence-electron chi connectivity index (χ4n) is 0. The third-order valence-electron chi connectivity index (χ3n) is 0. The van der Waals surface area contributed by atoms with E-state index in [-0.39, 0.29) is 48.8 Å². The lowest BCUT2D eigenvalue weighted by molar-refractivity contribution is 0.216. The quantitative estimate of drug-likeness (QED) is 0.600. The van der Waals surface area contributed by atoms with Gasteiger partial charge in [-0.15, -0.1) is 37.2 Å². The molecule has 0 saturated carbocycles. The molecule has 0 aromatic heterocycles. The molecule has 2 nitrogen and oxygen atoms in total. The Labute approximate surface area is 68.2 Å². The van der Waals surface area contributed by atoms with Gasteiger partial charge in [0.05, 0.1) is 0 Å². The van der Waals surface area contributed by atoms with Gasteiger partial charge in [0.2, 0.25) is 0 Å². The van der Waals surface area contributed by atoms with Crippen molar-refractivity contribution >= 4 is 37.2 Å². The normalized spacial score (nSPS) is 4.50. The Balaban J connectivity index is -0.00000000750. The zero-order chi connectivity index (χ0) is 3.58. The molecule has 0 radical (unpaired) electrons. The molecule has 0 aliphatic heterocycles. The maximum absolute atomic E-state index is 8.06. The monoisotopic (exact) mass is 186 g/mol. The molecule has 0 atom stereocenters. The van der Waals surface area contributed by atoms with Crippen molar-refractivity contribution in [1.82, 2.24) is 0 Å². The Morgan fingerprint density at radius 1 is 1.00 bits per heavy atom. The molecule has 0 aliphatic carbocycles. The van der Waals surface area contributed by atoms with Crippen molar-refractivity contribution in [1.29, 1.82) is 0 Å². The molecule has 0 saturated heterocycles. The van der Waals surface area contributed by atoms with Crippen LogP contribution < -0.4 is 0 Å². The topological polar surface area (TPSA) is 51.7 Å². The van der Waals surface area contributed by atoms with Crippen molar-refractivity contribution in [2.45, 2.75) is 20.0 Å². The molecule has 0 bridgehead atoms. The van der Waals surface area contributed by atoms with Gasteiger partial charge in [-0.05, 0) is 13.8 Å². The summed E-state index contributed by atoms with van der Waals surface area (Å²) in [4.78, 5) is 0. The zero-order valence-corrected chi connectivity index (χ0v) is 7.20. The zero-order valence-electron chi connectivity index (χ0n) is 4.75. The molecule has 0 spiro atoms. The van der Waals surface area contributed by atoms with Crippen LogP contribution in [0.25, 0.3) is 0 Å². The van der Waals surface area contributed by atoms with Gasteiger partial charge in [0.15, 0.2) is 0 Å². The van der Waals surface area contributed by atoms with Crippen molar-refractivity contribution in [3.8, 4) is 0 Å². The van der Waals surface area contributed by atoms with Crippen LogP contribution in [0.5, 0.6) is 0 Å². The average molecular weight is 187 g/mol. The fraction of sp³-hybridized carbons (Fsp3) is 1.00. The summed E-state index contributed by atoms with van der Waals surface area (Å²) in [6.45, 7) is 3.44. The molecule has 8 heavy (non-hydrogen) atoms. The summed E-state index contributed by atoms with van der Waals surface area (Å²) in [7, 11) is 0. The van der Waals surface area contributed by atoms with E-state index in [4.69, 9.17) is 5.11 Å².